The third-order valence-corrected chi connectivity index (χ3v) is 3.50. The molecular formula is C14H12BrN3O. The van der Waals surface area contributed by atoms with Gasteiger partial charge in [0.15, 0.2) is 0 Å². The molecule has 1 aromatic carbocycles. The maximum Gasteiger partial charge on any atom is 0.136 e. The van der Waals surface area contributed by atoms with E-state index in [1.165, 1.54) is 0 Å². The Labute approximate surface area is 119 Å². The maximum atomic E-state index is 5.36. The predicted molar refractivity (Wildman–Crippen MR) is 77.3 cm³/mol. The first kappa shape index (κ1) is 12.0. The largest absolute Gasteiger partial charge is 0.466 e. The molecule has 0 aliphatic carbocycles. The molecule has 0 bridgehead atoms. The zero-order chi connectivity index (χ0) is 13.1. The quantitative estimate of drug-likeness (QED) is 0.795. The Bertz CT molecular complexity index is 661. The van der Waals surface area contributed by atoms with Crippen molar-refractivity contribution in [3.8, 4) is 5.69 Å². The van der Waals surface area contributed by atoms with Crippen LogP contribution in [0.4, 0.5) is 5.69 Å². The van der Waals surface area contributed by atoms with E-state index in [1.807, 2.05) is 35.0 Å². The molecule has 0 radical (unpaired) electrons. The Balaban J connectivity index is 1.75. The second kappa shape index (κ2) is 5.32. The molecule has 0 fully saturated rings. The third-order valence-electron chi connectivity index (χ3n) is 2.79. The molecule has 96 valence electrons. The van der Waals surface area contributed by atoms with Crippen LogP contribution < -0.4 is 5.32 Å². The molecule has 0 aliphatic rings. The minimum atomic E-state index is 0.640. The lowest BCUT2D eigenvalue weighted by Crippen LogP contribution is -1.99. The van der Waals surface area contributed by atoms with E-state index in [9.17, 15) is 0 Å². The van der Waals surface area contributed by atoms with Crippen molar-refractivity contribution >= 4 is 21.6 Å². The minimum absolute atomic E-state index is 0.640. The number of halogens is 1. The van der Waals surface area contributed by atoms with Gasteiger partial charge in [0.05, 0.1) is 23.6 Å². The van der Waals surface area contributed by atoms with Crippen LogP contribution in [0.3, 0.4) is 0 Å². The van der Waals surface area contributed by atoms with E-state index in [1.54, 1.807) is 18.8 Å². The molecule has 0 spiro atoms. The molecule has 0 aliphatic heterocycles. The molecule has 4 nitrogen and oxygen atoms in total. The zero-order valence-corrected chi connectivity index (χ0v) is 11.7. The number of nitrogens with one attached hydrogen (secondary N) is 1. The van der Waals surface area contributed by atoms with Crippen molar-refractivity contribution in [2.45, 2.75) is 6.54 Å². The third kappa shape index (κ3) is 2.71. The summed E-state index contributed by atoms with van der Waals surface area (Å²) >= 11 is 3.44. The number of aromatic nitrogens is 2. The van der Waals surface area contributed by atoms with Gasteiger partial charge in [-0.2, -0.15) is 0 Å². The first-order valence-corrected chi connectivity index (χ1v) is 6.66. The average Bonchev–Trinajstić information content (AvgIpc) is 3.08. The van der Waals surface area contributed by atoms with Crippen LogP contribution in [0.15, 0.2) is 64.2 Å². The van der Waals surface area contributed by atoms with E-state index in [0.29, 0.717) is 6.54 Å². The van der Waals surface area contributed by atoms with Gasteiger partial charge in [0.1, 0.15) is 5.76 Å². The standard InChI is InChI=1S/C14H12BrN3O/c15-13-4-7-19-14(13)9-17-11-2-1-3-12(8-11)18-6-5-16-10-18/h1-8,10,17H,9H2. The lowest BCUT2D eigenvalue weighted by molar-refractivity contribution is 0.516. The van der Waals surface area contributed by atoms with Gasteiger partial charge in [0, 0.05) is 23.8 Å². The van der Waals surface area contributed by atoms with E-state index < -0.39 is 0 Å². The van der Waals surface area contributed by atoms with Crippen molar-refractivity contribution in [3.05, 3.63) is 65.5 Å². The van der Waals surface area contributed by atoms with E-state index >= 15 is 0 Å². The smallest absolute Gasteiger partial charge is 0.136 e. The molecule has 2 aromatic heterocycles. The van der Waals surface area contributed by atoms with Crippen molar-refractivity contribution in [2.75, 3.05) is 5.32 Å². The second-order valence-corrected chi connectivity index (χ2v) is 4.92. The molecule has 3 rings (SSSR count). The summed E-state index contributed by atoms with van der Waals surface area (Å²) in [7, 11) is 0. The summed E-state index contributed by atoms with van der Waals surface area (Å²) in [5, 5.41) is 3.33. The maximum absolute atomic E-state index is 5.36. The molecule has 0 atom stereocenters. The molecule has 2 heterocycles. The van der Waals surface area contributed by atoms with Crippen LogP contribution in [-0.4, -0.2) is 9.55 Å². The van der Waals surface area contributed by atoms with Gasteiger partial charge >= 0.3 is 0 Å². The summed E-state index contributed by atoms with van der Waals surface area (Å²) in [5.74, 6) is 0.882. The van der Waals surface area contributed by atoms with Crippen LogP contribution in [0.25, 0.3) is 5.69 Å². The summed E-state index contributed by atoms with van der Waals surface area (Å²) in [5.41, 5.74) is 2.11. The highest BCUT2D eigenvalue weighted by atomic mass is 79.9. The van der Waals surface area contributed by atoms with Gasteiger partial charge in [-0.05, 0) is 40.2 Å². The SMILES string of the molecule is Brc1ccoc1CNc1cccc(-n2ccnc2)c1. The van der Waals surface area contributed by atoms with Gasteiger partial charge in [-0.3, -0.25) is 0 Å². The summed E-state index contributed by atoms with van der Waals surface area (Å²) in [6.45, 7) is 0.640. The van der Waals surface area contributed by atoms with Crippen LogP contribution in [0, 0.1) is 0 Å². The van der Waals surface area contributed by atoms with Crippen molar-refractivity contribution in [1.29, 1.82) is 0 Å². The fourth-order valence-corrected chi connectivity index (χ4v) is 2.16. The van der Waals surface area contributed by atoms with Crippen LogP contribution in [0.5, 0.6) is 0 Å². The van der Waals surface area contributed by atoms with Gasteiger partial charge < -0.3 is 14.3 Å². The monoisotopic (exact) mass is 317 g/mol. The number of benzene rings is 1. The number of nitrogens with zero attached hydrogens (tertiary/aromatic N) is 2. The predicted octanol–water partition coefficient (Wildman–Crippen LogP) is 3.84. The topological polar surface area (TPSA) is 43.0 Å². The minimum Gasteiger partial charge on any atom is -0.466 e. The van der Waals surface area contributed by atoms with Crippen molar-refractivity contribution in [1.82, 2.24) is 9.55 Å². The van der Waals surface area contributed by atoms with E-state index in [2.05, 4.69) is 32.3 Å². The molecule has 1 N–H and O–H groups in total. The first-order chi connectivity index (χ1) is 9.33. The fourth-order valence-electron chi connectivity index (χ4n) is 1.82. The highest BCUT2D eigenvalue weighted by molar-refractivity contribution is 9.10. The Hall–Kier alpha value is -2.01. The second-order valence-electron chi connectivity index (χ2n) is 4.07. The van der Waals surface area contributed by atoms with Crippen LogP contribution >= 0.6 is 15.9 Å². The van der Waals surface area contributed by atoms with Crippen molar-refractivity contribution in [2.24, 2.45) is 0 Å². The molecule has 19 heavy (non-hydrogen) atoms. The van der Waals surface area contributed by atoms with Crippen LogP contribution in [0.1, 0.15) is 5.76 Å². The van der Waals surface area contributed by atoms with E-state index in [0.717, 1.165) is 21.6 Å². The number of hydrogen-bond donors (Lipinski definition) is 1. The number of furan rings is 1. The summed E-state index contributed by atoms with van der Waals surface area (Å²) in [6, 6.07) is 10.0. The molecule has 0 saturated carbocycles. The Morgan fingerprint density at radius 3 is 3.00 bits per heavy atom. The number of rotatable bonds is 4. The zero-order valence-electron chi connectivity index (χ0n) is 10.1. The molecule has 0 saturated heterocycles. The van der Waals surface area contributed by atoms with Crippen molar-refractivity contribution < 1.29 is 4.42 Å². The summed E-state index contributed by atoms with van der Waals surface area (Å²) in [4.78, 5) is 4.05. The number of anilines is 1. The highest BCUT2D eigenvalue weighted by Crippen LogP contribution is 2.20. The van der Waals surface area contributed by atoms with Gasteiger partial charge in [0.25, 0.3) is 0 Å². The highest BCUT2D eigenvalue weighted by Gasteiger charge is 2.03. The van der Waals surface area contributed by atoms with Gasteiger partial charge in [0.2, 0.25) is 0 Å². The van der Waals surface area contributed by atoms with Gasteiger partial charge in [-0.15, -0.1) is 0 Å². The lowest BCUT2D eigenvalue weighted by atomic mass is 10.2. The van der Waals surface area contributed by atoms with E-state index in [4.69, 9.17) is 4.42 Å². The molecule has 3 aromatic rings. The summed E-state index contributed by atoms with van der Waals surface area (Å²) < 4.78 is 8.31. The van der Waals surface area contributed by atoms with Crippen LogP contribution in [-0.2, 0) is 6.54 Å². The fraction of sp³-hybridized carbons (Fsp3) is 0.0714. The normalized spacial score (nSPS) is 10.6. The average molecular weight is 318 g/mol. The molecule has 0 amide bonds. The molecular weight excluding hydrogens is 306 g/mol. The summed E-state index contributed by atoms with van der Waals surface area (Å²) in [6.07, 6.45) is 7.13. The van der Waals surface area contributed by atoms with E-state index in [-0.39, 0.29) is 0 Å². The Morgan fingerprint density at radius 1 is 1.32 bits per heavy atom. The van der Waals surface area contributed by atoms with Crippen molar-refractivity contribution in [3.63, 3.8) is 0 Å². The lowest BCUT2D eigenvalue weighted by Gasteiger charge is -2.08. The molecule has 0 unspecified atom stereocenters. The number of imidazole rings is 1. The van der Waals surface area contributed by atoms with Crippen LogP contribution in [0.2, 0.25) is 0 Å². The Kier molecular flexibility index (Phi) is 3.37. The van der Waals surface area contributed by atoms with Gasteiger partial charge in [-0.25, -0.2) is 4.98 Å². The van der Waals surface area contributed by atoms with Gasteiger partial charge in [-0.1, -0.05) is 6.07 Å². The molecule has 5 heteroatoms. The first-order valence-electron chi connectivity index (χ1n) is 5.87. The number of hydrogen-bond acceptors (Lipinski definition) is 3. The Morgan fingerprint density at radius 2 is 2.26 bits per heavy atom.